The summed E-state index contributed by atoms with van der Waals surface area (Å²) < 4.78 is 0. The second kappa shape index (κ2) is 4.06. The van der Waals surface area contributed by atoms with E-state index in [2.05, 4.69) is 50.4 Å². The van der Waals surface area contributed by atoms with Gasteiger partial charge in [0.25, 0.3) is 0 Å². The fraction of sp³-hybridized carbons (Fsp3) is 0.438. The summed E-state index contributed by atoms with van der Waals surface area (Å²) in [6.07, 6.45) is 5.01. The second-order valence-electron chi connectivity index (χ2n) is 5.67. The molecule has 2 atom stereocenters. The molecule has 3 rings (SSSR count). The third-order valence-electron chi connectivity index (χ3n) is 4.31. The van der Waals surface area contributed by atoms with E-state index < -0.39 is 0 Å². The minimum absolute atomic E-state index is 0.256. The van der Waals surface area contributed by atoms with E-state index in [9.17, 15) is 0 Å². The zero-order chi connectivity index (χ0) is 12.0. The van der Waals surface area contributed by atoms with Crippen molar-refractivity contribution in [1.29, 1.82) is 0 Å². The lowest BCUT2D eigenvalue weighted by atomic mass is 9.91. The van der Waals surface area contributed by atoms with Crippen molar-refractivity contribution in [2.24, 2.45) is 11.8 Å². The summed E-state index contributed by atoms with van der Waals surface area (Å²) in [6.45, 7) is 7.35. The standard InChI is InChI=1S/C16H20Si/c1-11-10-15-13-7-5-4-6-12(13)8-9-14(15)16(11)17(2)3/h4-8,11,14H,9-10H2,1-3H3. The average molecular weight is 240 g/mol. The van der Waals surface area contributed by atoms with Crippen molar-refractivity contribution in [3.8, 4) is 0 Å². The molecule has 0 radical (unpaired) electrons. The van der Waals surface area contributed by atoms with Crippen molar-refractivity contribution < 1.29 is 0 Å². The largest absolute Gasteiger partial charge is 0.0794 e. The summed E-state index contributed by atoms with van der Waals surface area (Å²) in [4.78, 5) is 0. The molecule has 0 amide bonds. The Hall–Kier alpha value is -0.953. The van der Waals surface area contributed by atoms with Crippen molar-refractivity contribution >= 4 is 25.2 Å². The van der Waals surface area contributed by atoms with Crippen LogP contribution < -0.4 is 10.4 Å². The Morgan fingerprint density at radius 1 is 1.18 bits per heavy atom. The first-order valence-electron chi connectivity index (χ1n) is 6.64. The maximum Gasteiger partial charge on any atom is 0.00339 e. The van der Waals surface area contributed by atoms with Crippen LogP contribution in [-0.4, -0.2) is 13.6 Å². The molecule has 2 aliphatic rings. The van der Waals surface area contributed by atoms with Crippen LogP contribution in [0.4, 0.5) is 0 Å². The van der Waals surface area contributed by atoms with Crippen molar-refractivity contribution in [1.82, 2.24) is 0 Å². The summed E-state index contributed by atoms with van der Waals surface area (Å²) in [5, 5.41) is 4.89. The van der Waals surface area contributed by atoms with E-state index in [1.54, 1.807) is 5.57 Å². The number of hydrogen-bond donors (Lipinski definition) is 0. The van der Waals surface area contributed by atoms with Crippen LogP contribution in [-0.2, 0) is 0 Å². The van der Waals surface area contributed by atoms with Crippen LogP contribution in [0.5, 0.6) is 0 Å². The number of rotatable bonds is 0. The highest BCUT2D eigenvalue weighted by Crippen LogP contribution is 2.36. The van der Waals surface area contributed by atoms with Crippen LogP contribution in [0.3, 0.4) is 0 Å². The first-order chi connectivity index (χ1) is 8.18. The van der Waals surface area contributed by atoms with Gasteiger partial charge in [-0.25, -0.2) is 0 Å². The molecule has 0 aliphatic heterocycles. The van der Waals surface area contributed by atoms with E-state index in [1.807, 2.05) is 5.17 Å². The summed E-state index contributed by atoms with van der Waals surface area (Å²) >= 11 is 0. The lowest BCUT2D eigenvalue weighted by Crippen LogP contribution is -2.33. The molecule has 0 bridgehead atoms. The molecule has 2 aliphatic carbocycles. The molecular formula is C16H20Si. The van der Waals surface area contributed by atoms with E-state index >= 15 is 0 Å². The normalized spacial score (nSPS) is 26.3. The minimum atomic E-state index is -0.256. The van der Waals surface area contributed by atoms with E-state index in [1.165, 1.54) is 23.3 Å². The summed E-state index contributed by atoms with van der Waals surface area (Å²) in [7, 11) is -0.256. The molecule has 0 saturated heterocycles. The zero-order valence-corrected chi connectivity index (χ0v) is 12.0. The van der Waals surface area contributed by atoms with Crippen LogP contribution in [0.2, 0.25) is 13.1 Å². The third-order valence-corrected chi connectivity index (χ3v) is 6.31. The topological polar surface area (TPSA) is 0 Å². The van der Waals surface area contributed by atoms with Gasteiger partial charge in [0.15, 0.2) is 0 Å². The van der Waals surface area contributed by atoms with Crippen molar-refractivity contribution in [3.05, 3.63) is 34.7 Å². The highest BCUT2D eigenvalue weighted by molar-refractivity contribution is 6.70. The lowest BCUT2D eigenvalue weighted by Gasteiger charge is -2.18. The molecule has 0 aromatic heterocycles. The SMILES string of the molecule is CC1CC2=c3ccccc3=CCC2C1=[Si](C)C. The highest BCUT2D eigenvalue weighted by Gasteiger charge is 2.32. The Kier molecular flexibility index (Phi) is 2.66. The van der Waals surface area contributed by atoms with Gasteiger partial charge < -0.3 is 0 Å². The van der Waals surface area contributed by atoms with Crippen LogP contribution >= 0.6 is 0 Å². The molecule has 2 unspecified atom stereocenters. The van der Waals surface area contributed by atoms with E-state index in [4.69, 9.17) is 0 Å². The summed E-state index contributed by atoms with van der Waals surface area (Å²) in [6, 6.07) is 8.94. The number of hydrogen-bond acceptors (Lipinski definition) is 0. The Bertz CT molecular complexity index is 603. The summed E-state index contributed by atoms with van der Waals surface area (Å²) in [5.41, 5.74) is 1.73. The fourth-order valence-electron chi connectivity index (χ4n) is 3.73. The minimum Gasteiger partial charge on any atom is -0.0794 e. The Balaban J connectivity index is 2.28. The van der Waals surface area contributed by atoms with Gasteiger partial charge in [0, 0.05) is 14.3 Å². The third kappa shape index (κ3) is 1.68. The molecule has 0 heterocycles. The molecule has 0 N–H and O–H groups in total. The van der Waals surface area contributed by atoms with Gasteiger partial charge in [0.1, 0.15) is 0 Å². The van der Waals surface area contributed by atoms with Gasteiger partial charge in [-0.1, -0.05) is 61.1 Å². The maximum absolute atomic E-state index is 2.46. The van der Waals surface area contributed by atoms with Gasteiger partial charge in [-0.05, 0) is 29.2 Å². The smallest absolute Gasteiger partial charge is 0.00339 e. The highest BCUT2D eigenvalue weighted by atomic mass is 28.2. The lowest BCUT2D eigenvalue weighted by molar-refractivity contribution is 0.841. The van der Waals surface area contributed by atoms with E-state index in [-0.39, 0.29) is 8.41 Å². The van der Waals surface area contributed by atoms with Crippen LogP contribution in [0.15, 0.2) is 24.3 Å². The average Bonchev–Trinajstić information content (AvgIpc) is 2.65. The predicted octanol–water partition coefficient (Wildman–Crippen LogP) is 2.19. The monoisotopic (exact) mass is 240 g/mol. The van der Waals surface area contributed by atoms with Gasteiger partial charge in [0.05, 0.1) is 0 Å². The molecule has 1 aromatic rings. The molecule has 1 fully saturated rings. The van der Waals surface area contributed by atoms with Crippen molar-refractivity contribution in [2.45, 2.75) is 32.9 Å². The van der Waals surface area contributed by atoms with E-state index in [0.29, 0.717) is 0 Å². The molecule has 1 saturated carbocycles. The van der Waals surface area contributed by atoms with Crippen molar-refractivity contribution in [2.75, 3.05) is 0 Å². The fourth-order valence-corrected chi connectivity index (χ4v) is 5.81. The van der Waals surface area contributed by atoms with Crippen molar-refractivity contribution in [3.63, 3.8) is 0 Å². The molecule has 0 spiro atoms. The number of fused-ring (bicyclic) bond motifs is 2. The van der Waals surface area contributed by atoms with Gasteiger partial charge in [-0.3, -0.25) is 0 Å². The van der Waals surface area contributed by atoms with Gasteiger partial charge in [-0.2, -0.15) is 0 Å². The zero-order valence-electron chi connectivity index (χ0n) is 11.0. The first-order valence-corrected chi connectivity index (χ1v) is 9.14. The molecule has 88 valence electrons. The van der Waals surface area contributed by atoms with Gasteiger partial charge >= 0.3 is 0 Å². The first kappa shape index (κ1) is 11.2. The molecule has 17 heavy (non-hydrogen) atoms. The van der Waals surface area contributed by atoms with Gasteiger partial charge in [-0.15, -0.1) is 0 Å². The molecular weight excluding hydrogens is 220 g/mol. The predicted molar refractivity (Wildman–Crippen MR) is 77.9 cm³/mol. The Labute approximate surface area is 105 Å². The Morgan fingerprint density at radius 2 is 1.94 bits per heavy atom. The Morgan fingerprint density at radius 3 is 2.71 bits per heavy atom. The molecule has 0 nitrogen and oxygen atoms in total. The quantitative estimate of drug-likeness (QED) is 0.610. The number of benzene rings is 1. The maximum atomic E-state index is 2.46. The van der Waals surface area contributed by atoms with Crippen LogP contribution in [0.1, 0.15) is 19.8 Å². The van der Waals surface area contributed by atoms with Crippen LogP contribution in [0.25, 0.3) is 11.6 Å². The molecule has 1 heteroatoms. The summed E-state index contributed by atoms with van der Waals surface area (Å²) in [5.74, 6) is 1.60. The van der Waals surface area contributed by atoms with Crippen LogP contribution in [0, 0.1) is 11.8 Å². The van der Waals surface area contributed by atoms with E-state index in [0.717, 1.165) is 11.8 Å². The molecule has 1 aromatic carbocycles. The second-order valence-corrected chi connectivity index (χ2v) is 8.24. The van der Waals surface area contributed by atoms with Gasteiger partial charge in [0.2, 0.25) is 0 Å².